The first kappa shape index (κ1) is 14.1. The quantitative estimate of drug-likeness (QED) is 0.627. The molecule has 0 spiro atoms. The van der Waals surface area contributed by atoms with E-state index in [1.54, 1.807) is 12.5 Å². The van der Waals surface area contributed by atoms with Crippen molar-refractivity contribution in [2.24, 2.45) is 0 Å². The van der Waals surface area contributed by atoms with E-state index in [0.717, 1.165) is 34.6 Å². The van der Waals surface area contributed by atoms with Crippen LogP contribution in [0.4, 0.5) is 17.2 Å². The summed E-state index contributed by atoms with van der Waals surface area (Å²) in [5.74, 6) is 0.755. The lowest BCUT2D eigenvalue weighted by Gasteiger charge is -2.12. The average molecular weight is 294 g/mol. The SMILES string of the molecule is CCNc1cc2ncnc(NCc3ccccn3)c2cc1N. The largest absolute Gasteiger partial charge is 0.397 e. The molecule has 6 heteroatoms. The van der Waals surface area contributed by atoms with E-state index < -0.39 is 0 Å². The molecule has 0 unspecified atom stereocenters. The maximum atomic E-state index is 6.09. The van der Waals surface area contributed by atoms with Crippen molar-refractivity contribution in [1.29, 1.82) is 0 Å². The van der Waals surface area contributed by atoms with E-state index >= 15 is 0 Å². The molecule has 0 amide bonds. The number of nitrogens with zero attached hydrogens (tertiary/aromatic N) is 3. The van der Waals surface area contributed by atoms with Crippen molar-refractivity contribution >= 4 is 28.1 Å². The minimum Gasteiger partial charge on any atom is -0.397 e. The Balaban J connectivity index is 1.91. The van der Waals surface area contributed by atoms with Gasteiger partial charge in [0, 0.05) is 18.1 Å². The number of nitrogens with one attached hydrogen (secondary N) is 2. The number of benzene rings is 1. The van der Waals surface area contributed by atoms with Crippen LogP contribution >= 0.6 is 0 Å². The second-order valence-corrected chi connectivity index (χ2v) is 4.88. The maximum Gasteiger partial charge on any atom is 0.137 e. The molecule has 4 N–H and O–H groups in total. The van der Waals surface area contributed by atoms with Crippen molar-refractivity contribution in [3.8, 4) is 0 Å². The third kappa shape index (κ3) is 2.90. The summed E-state index contributed by atoms with van der Waals surface area (Å²) in [5, 5.41) is 7.42. The van der Waals surface area contributed by atoms with Gasteiger partial charge in [-0.15, -0.1) is 0 Å². The normalized spacial score (nSPS) is 10.6. The van der Waals surface area contributed by atoms with E-state index in [1.807, 2.05) is 37.3 Å². The van der Waals surface area contributed by atoms with Crippen LogP contribution in [0, 0.1) is 0 Å². The van der Waals surface area contributed by atoms with Gasteiger partial charge in [-0.3, -0.25) is 4.98 Å². The molecule has 6 nitrogen and oxygen atoms in total. The zero-order valence-electron chi connectivity index (χ0n) is 12.4. The topological polar surface area (TPSA) is 88.8 Å². The minimum absolute atomic E-state index is 0.599. The predicted octanol–water partition coefficient (Wildman–Crippen LogP) is 2.65. The zero-order valence-corrected chi connectivity index (χ0v) is 12.4. The van der Waals surface area contributed by atoms with Gasteiger partial charge in [0.15, 0.2) is 0 Å². The highest BCUT2D eigenvalue weighted by molar-refractivity contribution is 5.95. The van der Waals surface area contributed by atoms with Gasteiger partial charge in [0.1, 0.15) is 12.1 Å². The fraction of sp³-hybridized carbons (Fsp3) is 0.188. The summed E-state index contributed by atoms with van der Waals surface area (Å²) in [6.45, 7) is 3.44. The van der Waals surface area contributed by atoms with Crippen LogP contribution in [0.1, 0.15) is 12.6 Å². The highest BCUT2D eigenvalue weighted by atomic mass is 15.0. The number of hydrogen-bond donors (Lipinski definition) is 3. The van der Waals surface area contributed by atoms with Crippen molar-refractivity contribution < 1.29 is 0 Å². The Kier molecular flexibility index (Phi) is 4.00. The van der Waals surface area contributed by atoms with Crippen molar-refractivity contribution in [3.63, 3.8) is 0 Å². The van der Waals surface area contributed by atoms with Gasteiger partial charge in [-0.1, -0.05) is 6.07 Å². The first-order valence-electron chi connectivity index (χ1n) is 7.20. The maximum absolute atomic E-state index is 6.09. The summed E-state index contributed by atoms with van der Waals surface area (Å²) < 4.78 is 0. The third-order valence-electron chi connectivity index (χ3n) is 3.34. The molecule has 3 rings (SSSR count). The van der Waals surface area contributed by atoms with Crippen LogP contribution in [0.3, 0.4) is 0 Å². The molecule has 0 aliphatic rings. The van der Waals surface area contributed by atoms with Crippen molar-refractivity contribution in [2.75, 3.05) is 22.9 Å². The van der Waals surface area contributed by atoms with Crippen LogP contribution < -0.4 is 16.4 Å². The van der Waals surface area contributed by atoms with E-state index in [-0.39, 0.29) is 0 Å². The molecule has 0 saturated heterocycles. The molecular weight excluding hydrogens is 276 g/mol. The van der Waals surface area contributed by atoms with Crippen LogP contribution in [0.5, 0.6) is 0 Å². The van der Waals surface area contributed by atoms with Crippen LogP contribution in [0.25, 0.3) is 10.9 Å². The monoisotopic (exact) mass is 294 g/mol. The number of fused-ring (bicyclic) bond motifs is 1. The van der Waals surface area contributed by atoms with Crippen molar-refractivity contribution in [3.05, 3.63) is 48.5 Å². The van der Waals surface area contributed by atoms with Crippen LogP contribution in [-0.4, -0.2) is 21.5 Å². The molecule has 2 aromatic heterocycles. The summed E-state index contributed by atoms with van der Waals surface area (Å²) >= 11 is 0. The molecule has 2 heterocycles. The van der Waals surface area contributed by atoms with Gasteiger partial charge < -0.3 is 16.4 Å². The van der Waals surface area contributed by atoms with E-state index in [2.05, 4.69) is 25.6 Å². The van der Waals surface area contributed by atoms with E-state index in [0.29, 0.717) is 12.2 Å². The fourth-order valence-corrected chi connectivity index (χ4v) is 2.28. The Morgan fingerprint density at radius 2 is 2.00 bits per heavy atom. The predicted molar refractivity (Wildman–Crippen MR) is 89.7 cm³/mol. The fourth-order valence-electron chi connectivity index (χ4n) is 2.28. The average Bonchev–Trinajstić information content (AvgIpc) is 2.55. The number of aromatic nitrogens is 3. The lowest BCUT2D eigenvalue weighted by atomic mass is 10.1. The molecule has 0 radical (unpaired) electrons. The number of hydrogen-bond acceptors (Lipinski definition) is 6. The highest BCUT2D eigenvalue weighted by Gasteiger charge is 2.08. The summed E-state index contributed by atoms with van der Waals surface area (Å²) in [4.78, 5) is 12.9. The Morgan fingerprint density at radius 3 is 2.77 bits per heavy atom. The van der Waals surface area contributed by atoms with Crippen molar-refractivity contribution in [1.82, 2.24) is 15.0 Å². The van der Waals surface area contributed by atoms with Gasteiger partial charge in [-0.05, 0) is 31.2 Å². The van der Waals surface area contributed by atoms with E-state index in [9.17, 15) is 0 Å². The van der Waals surface area contributed by atoms with Gasteiger partial charge >= 0.3 is 0 Å². The van der Waals surface area contributed by atoms with Gasteiger partial charge in [0.05, 0.1) is 29.1 Å². The molecule has 22 heavy (non-hydrogen) atoms. The molecule has 3 aromatic rings. The van der Waals surface area contributed by atoms with Gasteiger partial charge in [-0.2, -0.15) is 0 Å². The smallest absolute Gasteiger partial charge is 0.137 e. The molecule has 0 aliphatic carbocycles. The zero-order chi connectivity index (χ0) is 15.4. The molecular formula is C16H18N6. The number of nitrogen functional groups attached to an aromatic ring is 1. The first-order valence-corrected chi connectivity index (χ1v) is 7.20. The molecule has 0 aliphatic heterocycles. The molecule has 0 bridgehead atoms. The lowest BCUT2D eigenvalue weighted by Crippen LogP contribution is -2.05. The molecule has 0 fully saturated rings. The Morgan fingerprint density at radius 1 is 1.09 bits per heavy atom. The van der Waals surface area contributed by atoms with Gasteiger partial charge in [0.2, 0.25) is 0 Å². The molecule has 112 valence electrons. The third-order valence-corrected chi connectivity index (χ3v) is 3.34. The Hall–Kier alpha value is -2.89. The number of nitrogens with two attached hydrogens (primary N) is 1. The summed E-state index contributed by atoms with van der Waals surface area (Å²) in [6, 6.07) is 9.67. The summed E-state index contributed by atoms with van der Waals surface area (Å²) in [6.07, 6.45) is 3.32. The Labute approximate surface area is 128 Å². The first-order chi connectivity index (χ1) is 10.8. The van der Waals surface area contributed by atoms with Crippen LogP contribution in [0.15, 0.2) is 42.9 Å². The summed E-state index contributed by atoms with van der Waals surface area (Å²) in [7, 11) is 0. The lowest BCUT2D eigenvalue weighted by molar-refractivity contribution is 1.03. The second kappa shape index (κ2) is 6.26. The van der Waals surface area contributed by atoms with Crippen molar-refractivity contribution in [2.45, 2.75) is 13.5 Å². The van der Waals surface area contributed by atoms with Crippen LogP contribution in [-0.2, 0) is 6.54 Å². The number of rotatable bonds is 5. The van der Waals surface area contributed by atoms with Crippen LogP contribution in [0.2, 0.25) is 0 Å². The summed E-state index contributed by atoms with van der Waals surface area (Å²) in [5.41, 5.74) is 9.47. The van der Waals surface area contributed by atoms with Gasteiger partial charge in [0.25, 0.3) is 0 Å². The Bertz CT molecular complexity index is 772. The number of pyridine rings is 1. The minimum atomic E-state index is 0.599. The standard InChI is InChI=1S/C16H18N6/c1-2-18-15-8-14-12(7-13(15)17)16(22-10-21-14)20-9-11-5-3-4-6-19-11/h3-8,10,18H,2,9,17H2,1H3,(H,20,21,22). The molecule has 1 aromatic carbocycles. The number of anilines is 3. The molecule has 0 atom stereocenters. The highest BCUT2D eigenvalue weighted by Crippen LogP contribution is 2.28. The van der Waals surface area contributed by atoms with Gasteiger partial charge in [-0.25, -0.2) is 9.97 Å². The molecule has 0 saturated carbocycles. The second-order valence-electron chi connectivity index (χ2n) is 4.88. The van der Waals surface area contributed by atoms with E-state index in [4.69, 9.17) is 5.73 Å². The van der Waals surface area contributed by atoms with E-state index in [1.165, 1.54) is 0 Å².